The van der Waals surface area contributed by atoms with E-state index in [1.54, 1.807) is 0 Å². The average molecular weight is 429 g/mol. The van der Waals surface area contributed by atoms with Crippen molar-refractivity contribution in [2.45, 2.75) is 23.7 Å². The molecule has 2 fully saturated rings. The van der Waals surface area contributed by atoms with Crippen LogP contribution in [0, 0.1) is 0 Å². The molecule has 8 nitrogen and oxygen atoms in total. The summed E-state index contributed by atoms with van der Waals surface area (Å²) in [5, 5.41) is 12.1. The van der Waals surface area contributed by atoms with E-state index in [4.69, 9.17) is 16.3 Å². The number of anilines is 1. The number of hydrogen-bond donors (Lipinski definition) is 1. The van der Waals surface area contributed by atoms with Gasteiger partial charge in [-0.15, -0.1) is 10.2 Å². The van der Waals surface area contributed by atoms with Crippen molar-refractivity contribution in [3.63, 3.8) is 0 Å². The number of sulfonamides is 1. The molecule has 11 heteroatoms. The van der Waals surface area contributed by atoms with Crippen molar-refractivity contribution in [1.82, 2.24) is 14.5 Å². The van der Waals surface area contributed by atoms with Gasteiger partial charge >= 0.3 is 0 Å². The first-order valence-corrected chi connectivity index (χ1v) is 11.1. The molecule has 0 spiro atoms. The molecule has 2 aliphatic rings. The number of carbonyl (C=O) groups is 1. The molecule has 1 N–H and O–H groups in total. The van der Waals surface area contributed by atoms with Gasteiger partial charge in [0.05, 0.1) is 28.7 Å². The summed E-state index contributed by atoms with van der Waals surface area (Å²) in [6.07, 6.45) is 2.19. The number of hydrogen-bond acceptors (Lipinski definition) is 7. The van der Waals surface area contributed by atoms with Crippen LogP contribution in [-0.4, -0.2) is 55.1 Å². The standard InChI is InChI=1S/C16H17ClN4O4S2/c17-13-4-3-11(27(23,24)21-5-7-25-8-6-21)9-12(13)14(22)18-16-20-19-15(26-16)10-1-2-10/h3-4,9-10H,1-2,5-8H2,(H,18,20,22). The lowest BCUT2D eigenvalue weighted by molar-refractivity contribution is 0.0730. The molecule has 1 aromatic carbocycles. The fourth-order valence-corrected chi connectivity index (χ4v) is 5.27. The van der Waals surface area contributed by atoms with E-state index < -0.39 is 15.9 Å². The van der Waals surface area contributed by atoms with Crippen molar-refractivity contribution in [3.05, 3.63) is 33.8 Å². The number of carbonyl (C=O) groups excluding carboxylic acids is 1. The van der Waals surface area contributed by atoms with Crippen molar-refractivity contribution < 1.29 is 17.9 Å². The number of halogens is 1. The summed E-state index contributed by atoms with van der Waals surface area (Å²) in [5.74, 6) is -0.0729. The highest BCUT2D eigenvalue weighted by Gasteiger charge is 2.29. The molecule has 2 aromatic rings. The zero-order chi connectivity index (χ0) is 19.0. The second kappa shape index (κ2) is 7.44. The predicted octanol–water partition coefficient (Wildman–Crippen LogP) is 2.34. The zero-order valence-corrected chi connectivity index (χ0v) is 16.6. The monoisotopic (exact) mass is 428 g/mol. The Balaban J connectivity index is 1.56. The molecule has 0 unspecified atom stereocenters. The Bertz CT molecular complexity index is 969. The van der Waals surface area contributed by atoms with Gasteiger partial charge in [-0.2, -0.15) is 4.31 Å². The van der Waals surface area contributed by atoms with Crippen LogP contribution >= 0.6 is 22.9 Å². The molecule has 1 aromatic heterocycles. The van der Waals surface area contributed by atoms with E-state index in [0.29, 0.717) is 24.3 Å². The van der Waals surface area contributed by atoms with E-state index >= 15 is 0 Å². The number of morpholine rings is 1. The molecule has 1 aliphatic carbocycles. The second-order valence-corrected chi connectivity index (χ2v) is 9.69. The first-order valence-electron chi connectivity index (χ1n) is 8.47. The maximum atomic E-state index is 12.8. The number of nitrogens with zero attached hydrogens (tertiary/aromatic N) is 3. The maximum Gasteiger partial charge on any atom is 0.259 e. The summed E-state index contributed by atoms with van der Waals surface area (Å²) < 4.78 is 32.1. The molecule has 1 saturated heterocycles. The summed E-state index contributed by atoms with van der Waals surface area (Å²) in [5.41, 5.74) is 0.0779. The summed E-state index contributed by atoms with van der Waals surface area (Å²) in [7, 11) is -3.72. The molecule has 1 aliphatic heterocycles. The Morgan fingerprint density at radius 1 is 1.26 bits per heavy atom. The van der Waals surface area contributed by atoms with Crippen LogP contribution in [0.15, 0.2) is 23.1 Å². The van der Waals surface area contributed by atoms with E-state index in [1.165, 1.54) is 33.8 Å². The van der Waals surface area contributed by atoms with Crippen molar-refractivity contribution in [2.75, 3.05) is 31.6 Å². The Morgan fingerprint density at radius 3 is 2.70 bits per heavy atom. The van der Waals surface area contributed by atoms with Gasteiger partial charge in [0.15, 0.2) is 0 Å². The van der Waals surface area contributed by atoms with Gasteiger partial charge in [-0.3, -0.25) is 10.1 Å². The Hall–Kier alpha value is -1.59. The highest BCUT2D eigenvalue weighted by molar-refractivity contribution is 7.89. The molecule has 2 heterocycles. The number of amides is 1. The Labute approximate surface area is 165 Å². The minimum atomic E-state index is -3.72. The molecule has 27 heavy (non-hydrogen) atoms. The number of nitrogens with one attached hydrogen (secondary N) is 1. The van der Waals surface area contributed by atoms with Crippen molar-refractivity contribution >= 4 is 44.0 Å². The van der Waals surface area contributed by atoms with Gasteiger partial charge in [0.2, 0.25) is 15.2 Å². The SMILES string of the molecule is O=C(Nc1nnc(C2CC2)s1)c1cc(S(=O)(=O)N2CCOCC2)ccc1Cl. The summed E-state index contributed by atoms with van der Waals surface area (Å²) >= 11 is 7.46. The zero-order valence-electron chi connectivity index (χ0n) is 14.2. The maximum absolute atomic E-state index is 12.8. The molecule has 0 radical (unpaired) electrons. The van der Waals surface area contributed by atoms with Gasteiger partial charge in [-0.1, -0.05) is 22.9 Å². The van der Waals surface area contributed by atoms with Gasteiger partial charge in [-0.25, -0.2) is 8.42 Å². The molecule has 4 rings (SSSR count). The van der Waals surface area contributed by atoms with E-state index in [2.05, 4.69) is 15.5 Å². The van der Waals surface area contributed by atoms with E-state index in [9.17, 15) is 13.2 Å². The summed E-state index contributed by atoms with van der Waals surface area (Å²) in [6.45, 7) is 1.25. The van der Waals surface area contributed by atoms with Gasteiger partial charge < -0.3 is 4.74 Å². The van der Waals surface area contributed by atoms with Crippen LogP contribution in [0.25, 0.3) is 0 Å². The summed E-state index contributed by atoms with van der Waals surface area (Å²) in [6, 6.07) is 4.12. The van der Waals surface area contributed by atoms with Crippen LogP contribution in [-0.2, 0) is 14.8 Å². The molecule has 0 bridgehead atoms. The fourth-order valence-electron chi connectivity index (χ4n) is 2.72. The predicted molar refractivity (Wildman–Crippen MR) is 101 cm³/mol. The Kier molecular flexibility index (Phi) is 5.17. The molecule has 144 valence electrons. The fraction of sp³-hybridized carbons (Fsp3) is 0.438. The highest BCUT2D eigenvalue weighted by atomic mass is 35.5. The lowest BCUT2D eigenvalue weighted by atomic mass is 10.2. The van der Waals surface area contributed by atoms with Crippen LogP contribution in [0.3, 0.4) is 0 Å². The van der Waals surface area contributed by atoms with E-state index in [1.807, 2.05) is 0 Å². The van der Waals surface area contributed by atoms with Gasteiger partial charge in [0.25, 0.3) is 5.91 Å². The third-order valence-corrected chi connectivity index (χ3v) is 7.60. The van der Waals surface area contributed by atoms with Crippen LogP contribution < -0.4 is 5.32 Å². The first-order chi connectivity index (χ1) is 12.9. The quantitative estimate of drug-likeness (QED) is 0.784. The summed E-state index contributed by atoms with van der Waals surface area (Å²) in [4.78, 5) is 12.6. The third-order valence-electron chi connectivity index (χ3n) is 4.38. The van der Waals surface area contributed by atoms with Gasteiger partial charge in [-0.05, 0) is 31.0 Å². The van der Waals surface area contributed by atoms with Crippen LogP contribution in [0.4, 0.5) is 5.13 Å². The topological polar surface area (TPSA) is 101 Å². The first kappa shape index (κ1) is 18.8. The van der Waals surface area contributed by atoms with Crippen molar-refractivity contribution in [3.8, 4) is 0 Å². The number of ether oxygens (including phenoxy) is 1. The smallest absolute Gasteiger partial charge is 0.259 e. The third kappa shape index (κ3) is 3.99. The van der Waals surface area contributed by atoms with Crippen LogP contribution in [0.1, 0.15) is 34.1 Å². The number of rotatable bonds is 5. The largest absolute Gasteiger partial charge is 0.379 e. The minimum Gasteiger partial charge on any atom is -0.379 e. The van der Waals surface area contributed by atoms with Crippen LogP contribution in [0.2, 0.25) is 5.02 Å². The van der Waals surface area contributed by atoms with Crippen molar-refractivity contribution in [2.24, 2.45) is 0 Å². The molecule has 0 atom stereocenters. The Morgan fingerprint density at radius 2 is 2.00 bits per heavy atom. The average Bonchev–Trinajstić information content (AvgIpc) is 3.42. The molecule has 1 saturated carbocycles. The van der Waals surface area contributed by atoms with Gasteiger partial charge in [0.1, 0.15) is 5.01 Å². The van der Waals surface area contributed by atoms with Gasteiger partial charge in [0, 0.05) is 19.0 Å². The number of benzene rings is 1. The van der Waals surface area contributed by atoms with Crippen LogP contribution in [0.5, 0.6) is 0 Å². The van der Waals surface area contributed by atoms with Crippen molar-refractivity contribution in [1.29, 1.82) is 0 Å². The van der Waals surface area contributed by atoms with E-state index in [0.717, 1.165) is 17.8 Å². The molecular formula is C16H17ClN4O4S2. The van der Waals surface area contributed by atoms with E-state index in [-0.39, 0.29) is 28.6 Å². The minimum absolute atomic E-state index is 0.0230. The molecule has 1 amide bonds. The number of aromatic nitrogens is 2. The highest BCUT2D eigenvalue weighted by Crippen LogP contribution is 2.42. The lowest BCUT2D eigenvalue weighted by Crippen LogP contribution is -2.40. The second-order valence-electron chi connectivity index (χ2n) is 6.33. The normalized spacial score (nSPS) is 18.4. The molecular weight excluding hydrogens is 412 g/mol. The lowest BCUT2D eigenvalue weighted by Gasteiger charge is -2.26.